The minimum absolute atomic E-state index is 1.72. The van der Waals surface area contributed by atoms with Crippen LogP contribution < -0.4 is 0 Å². The molecule has 1 nitrogen and oxygen atoms in total. The molecule has 0 N–H and O–H groups in total. The van der Waals surface area contributed by atoms with Crippen LogP contribution in [-0.2, 0) is 4.46 Å². The van der Waals surface area contributed by atoms with Crippen molar-refractivity contribution in [2.24, 2.45) is 0 Å². The van der Waals surface area contributed by atoms with Gasteiger partial charge in [0.15, 0.2) is 0 Å². The van der Waals surface area contributed by atoms with Gasteiger partial charge in [-0.15, -0.1) is 0 Å². The third-order valence-electron chi connectivity index (χ3n) is 0.667. The third kappa shape index (κ3) is 3.43. The first-order chi connectivity index (χ1) is 4.00. The van der Waals surface area contributed by atoms with Gasteiger partial charge in [-0.25, -0.2) is 0 Å². The molecule has 2 heteroatoms. The van der Waals surface area contributed by atoms with E-state index in [4.69, 9.17) is 4.46 Å². The molecular formula is C6H6OSi. The van der Waals surface area contributed by atoms with Crippen LogP contribution in [0.25, 0.3) is 0 Å². The first-order valence-electron chi connectivity index (χ1n) is 2.20. The monoisotopic (exact) mass is 122 g/mol. The zero-order chi connectivity index (χ0) is 6.24. The largest absolute Gasteiger partial charge is 0.381 e. The predicted molar refractivity (Wildman–Crippen MR) is 32.9 cm³/mol. The van der Waals surface area contributed by atoms with E-state index in [0.29, 0.717) is 0 Å². The van der Waals surface area contributed by atoms with Gasteiger partial charge < -0.3 is 4.46 Å². The molecular weight excluding hydrogens is 116 g/mol. The van der Waals surface area contributed by atoms with E-state index in [1.54, 1.807) is 10.1 Å². The van der Waals surface area contributed by atoms with Crippen molar-refractivity contribution in [3.8, 4) is 0 Å². The smallest absolute Gasteiger partial charge is 0.381 e. The van der Waals surface area contributed by atoms with Gasteiger partial charge in [0.25, 0.3) is 0 Å². The van der Waals surface area contributed by atoms with E-state index in [0.717, 1.165) is 0 Å². The molecule has 0 aliphatic rings. The Morgan fingerprint density at radius 1 is 0.625 bits per heavy atom. The number of benzene rings is 1. The van der Waals surface area contributed by atoms with Crippen LogP contribution in [0.1, 0.15) is 0 Å². The summed E-state index contributed by atoms with van der Waals surface area (Å²) in [6, 6.07) is 12.0. The second-order valence-electron chi connectivity index (χ2n) is 1.15. The van der Waals surface area contributed by atoms with Gasteiger partial charge in [0.2, 0.25) is 0 Å². The van der Waals surface area contributed by atoms with Crippen molar-refractivity contribution in [1.29, 1.82) is 0 Å². The molecule has 0 saturated carbocycles. The number of hydrogen-bond donors (Lipinski definition) is 0. The zero-order valence-corrected chi connectivity index (χ0v) is 5.37. The summed E-state index contributed by atoms with van der Waals surface area (Å²) >= 11 is 0. The Kier molecular flexibility index (Phi) is 5.64. The zero-order valence-electron chi connectivity index (χ0n) is 4.37. The molecule has 0 bridgehead atoms. The fourth-order valence-corrected chi connectivity index (χ4v) is 0.385. The maximum atomic E-state index is 8.06. The average Bonchev–Trinajstić information content (AvgIpc) is 1.96. The lowest BCUT2D eigenvalue weighted by Gasteiger charge is -1.69. The van der Waals surface area contributed by atoms with Gasteiger partial charge >= 0.3 is 10.1 Å². The van der Waals surface area contributed by atoms with Crippen LogP contribution in [0.15, 0.2) is 36.4 Å². The molecule has 8 heavy (non-hydrogen) atoms. The third-order valence-corrected chi connectivity index (χ3v) is 0.667. The lowest BCUT2D eigenvalue weighted by atomic mass is 10.4. The Hall–Kier alpha value is -0.763. The Morgan fingerprint density at radius 2 is 0.750 bits per heavy atom. The highest BCUT2D eigenvalue weighted by atomic mass is 28.1. The molecule has 0 amide bonds. The van der Waals surface area contributed by atoms with Crippen LogP contribution in [-0.4, -0.2) is 10.1 Å². The Labute approximate surface area is 51.8 Å². The summed E-state index contributed by atoms with van der Waals surface area (Å²) < 4.78 is 8.06. The van der Waals surface area contributed by atoms with Crippen LogP contribution in [0.4, 0.5) is 0 Å². The molecule has 0 unspecified atom stereocenters. The lowest BCUT2D eigenvalue weighted by Crippen LogP contribution is -1.47. The van der Waals surface area contributed by atoms with E-state index in [2.05, 4.69) is 0 Å². The van der Waals surface area contributed by atoms with Crippen molar-refractivity contribution in [2.75, 3.05) is 0 Å². The molecule has 0 saturated heterocycles. The van der Waals surface area contributed by atoms with E-state index >= 15 is 0 Å². The van der Waals surface area contributed by atoms with Crippen molar-refractivity contribution < 1.29 is 4.46 Å². The summed E-state index contributed by atoms with van der Waals surface area (Å²) in [5, 5.41) is 0. The molecule has 0 atom stereocenters. The van der Waals surface area contributed by atoms with Crippen LogP contribution >= 0.6 is 0 Å². The molecule has 1 aromatic carbocycles. The lowest BCUT2D eigenvalue weighted by molar-refractivity contribution is 0.590. The van der Waals surface area contributed by atoms with Crippen molar-refractivity contribution in [2.45, 2.75) is 0 Å². The summed E-state index contributed by atoms with van der Waals surface area (Å²) in [5.74, 6) is 0. The number of rotatable bonds is 0. The van der Waals surface area contributed by atoms with Gasteiger partial charge in [0, 0.05) is 0 Å². The van der Waals surface area contributed by atoms with Gasteiger partial charge in [-0.2, -0.15) is 0 Å². The fraction of sp³-hybridized carbons (Fsp3) is 0. The Bertz CT molecular complexity index is 91.4. The molecule has 0 heterocycles. The van der Waals surface area contributed by atoms with E-state index in [-0.39, 0.29) is 0 Å². The van der Waals surface area contributed by atoms with Crippen LogP contribution in [0, 0.1) is 0 Å². The molecule has 0 fully saturated rings. The molecule has 0 aliphatic carbocycles. The van der Waals surface area contributed by atoms with Crippen LogP contribution in [0.3, 0.4) is 0 Å². The highest BCUT2D eigenvalue weighted by Crippen LogP contribution is 1.79. The first kappa shape index (κ1) is 7.24. The standard InChI is InChI=1S/C6H6.OSi/c1-2-4-6-5-3-1;1-2/h1-6H;. The van der Waals surface area contributed by atoms with Crippen molar-refractivity contribution >= 4 is 10.1 Å². The highest BCUT2D eigenvalue weighted by Gasteiger charge is 1.57. The van der Waals surface area contributed by atoms with E-state index in [9.17, 15) is 0 Å². The summed E-state index contributed by atoms with van der Waals surface area (Å²) in [6.07, 6.45) is 0. The average molecular weight is 122 g/mol. The molecule has 1 rings (SSSR count). The first-order valence-corrected chi connectivity index (χ1v) is 2.61. The van der Waals surface area contributed by atoms with Crippen molar-refractivity contribution in [3.63, 3.8) is 0 Å². The molecule has 2 radical (unpaired) electrons. The second-order valence-corrected chi connectivity index (χ2v) is 1.15. The van der Waals surface area contributed by atoms with Gasteiger partial charge in [0.05, 0.1) is 0 Å². The maximum Gasteiger partial charge on any atom is 0.381 e. The molecule has 0 spiro atoms. The minimum atomic E-state index is 1.72. The van der Waals surface area contributed by atoms with Crippen LogP contribution in [0.5, 0.6) is 0 Å². The summed E-state index contributed by atoms with van der Waals surface area (Å²) in [4.78, 5) is 0. The quantitative estimate of drug-likeness (QED) is 0.472. The van der Waals surface area contributed by atoms with E-state index in [1.807, 2.05) is 36.4 Å². The number of hydrogen-bond acceptors (Lipinski definition) is 1. The van der Waals surface area contributed by atoms with E-state index < -0.39 is 0 Å². The topological polar surface area (TPSA) is 17.1 Å². The Balaban J connectivity index is 0.000000222. The fourth-order valence-electron chi connectivity index (χ4n) is 0.385. The second kappa shape index (κ2) is 6.24. The highest BCUT2D eigenvalue weighted by molar-refractivity contribution is 5.85. The van der Waals surface area contributed by atoms with Gasteiger partial charge in [-0.1, -0.05) is 36.4 Å². The summed E-state index contributed by atoms with van der Waals surface area (Å²) in [7, 11) is 1.72. The SMILES string of the molecule is O=[Si].c1ccccc1. The summed E-state index contributed by atoms with van der Waals surface area (Å²) in [6.45, 7) is 0. The van der Waals surface area contributed by atoms with Crippen LogP contribution in [0.2, 0.25) is 0 Å². The normalized spacial score (nSPS) is 6.50. The van der Waals surface area contributed by atoms with Gasteiger partial charge in [0.1, 0.15) is 0 Å². The maximum absolute atomic E-state index is 8.06. The Morgan fingerprint density at radius 3 is 0.875 bits per heavy atom. The molecule has 0 aliphatic heterocycles. The van der Waals surface area contributed by atoms with Crippen molar-refractivity contribution in [1.82, 2.24) is 0 Å². The molecule has 0 aromatic heterocycles. The van der Waals surface area contributed by atoms with Gasteiger partial charge in [-0.3, -0.25) is 0 Å². The predicted octanol–water partition coefficient (Wildman–Crippen LogP) is 1.19. The van der Waals surface area contributed by atoms with Gasteiger partial charge in [-0.05, 0) is 0 Å². The molecule has 40 valence electrons. The van der Waals surface area contributed by atoms with Crippen molar-refractivity contribution in [3.05, 3.63) is 36.4 Å². The minimum Gasteiger partial charge on any atom is -0.381 e. The van der Waals surface area contributed by atoms with E-state index in [1.165, 1.54) is 0 Å². The summed E-state index contributed by atoms with van der Waals surface area (Å²) in [5.41, 5.74) is 0. The molecule has 1 aromatic rings.